The number of ether oxygens (including phenoxy) is 1. The van der Waals surface area contributed by atoms with Gasteiger partial charge in [-0.2, -0.15) is 0 Å². The third kappa shape index (κ3) is 3.12. The Hall–Kier alpha value is -2.43. The molecule has 0 saturated heterocycles. The van der Waals surface area contributed by atoms with Gasteiger partial charge < -0.3 is 19.7 Å². The summed E-state index contributed by atoms with van der Waals surface area (Å²) in [6.07, 6.45) is 1.71. The summed E-state index contributed by atoms with van der Waals surface area (Å²) in [6, 6.07) is 8.61. The van der Waals surface area contributed by atoms with E-state index in [1.54, 1.807) is 25.4 Å². The van der Waals surface area contributed by atoms with Crippen LogP contribution in [0.1, 0.15) is 12.5 Å². The fourth-order valence-corrected chi connectivity index (χ4v) is 1.88. The van der Waals surface area contributed by atoms with Crippen molar-refractivity contribution in [2.45, 2.75) is 13.5 Å². The van der Waals surface area contributed by atoms with E-state index in [9.17, 15) is 9.90 Å². The molecule has 2 N–H and O–H groups in total. The summed E-state index contributed by atoms with van der Waals surface area (Å²) in [5.41, 5.74) is 1.50. The highest BCUT2D eigenvalue weighted by atomic mass is 16.5. The van der Waals surface area contributed by atoms with Gasteiger partial charge in [0.15, 0.2) is 11.5 Å². The van der Waals surface area contributed by atoms with Gasteiger partial charge in [0.1, 0.15) is 0 Å². The van der Waals surface area contributed by atoms with Crippen LogP contribution < -0.4 is 15.6 Å². The van der Waals surface area contributed by atoms with E-state index >= 15 is 0 Å². The number of anilines is 1. The molecule has 0 radical (unpaired) electrons. The monoisotopic (exact) mass is 274 g/mol. The number of aryl methyl sites for hydroxylation is 1. The lowest BCUT2D eigenvalue weighted by molar-refractivity contribution is 0.317. The zero-order chi connectivity index (χ0) is 14.5. The zero-order valence-electron chi connectivity index (χ0n) is 11.6. The van der Waals surface area contributed by atoms with Crippen molar-refractivity contribution in [1.29, 1.82) is 0 Å². The molecule has 1 aromatic heterocycles. The molecular formula is C15H18N2O3. The SMILES string of the molecule is CCOc1cccc(CNc2ccc(=O)n(C)c2)c1O. The predicted octanol–water partition coefficient (Wildman–Crippen LogP) is 2.10. The number of benzene rings is 1. The van der Waals surface area contributed by atoms with Crippen LogP contribution in [0, 0.1) is 0 Å². The Kier molecular flexibility index (Phi) is 4.30. The zero-order valence-corrected chi connectivity index (χ0v) is 11.6. The number of nitrogens with zero attached hydrogens (tertiary/aromatic N) is 1. The molecule has 0 aliphatic carbocycles. The molecule has 0 bridgehead atoms. The van der Waals surface area contributed by atoms with Crippen LogP contribution in [-0.4, -0.2) is 16.3 Å². The van der Waals surface area contributed by atoms with Gasteiger partial charge in [0, 0.05) is 31.4 Å². The third-order valence-electron chi connectivity index (χ3n) is 2.95. The first-order valence-corrected chi connectivity index (χ1v) is 6.46. The van der Waals surface area contributed by atoms with Crippen LogP contribution in [0.4, 0.5) is 5.69 Å². The maximum Gasteiger partial charge on any atom is 0.250 e. The molecular weight excluding hydrogens is 256 g/mol. The van der Waals surface area contributed by atoms with Crippen molar-refractivity contribution >= 4 is 5.69 Å². The second kappa shape index (κ2) is 6.14. The minimum Gasteiger partial charge on any atom is -0.504 e. The van der Waals surface area contributed by atoms with Crippen molar-refractivity contribution in [3.63, 3.8) is 0 Å². The van der Waals surface area contributed by atoms with E-state index in [4.69, 9.17) is 4.74 Å². The summed E-state index contributed by atoms with van der Waals surface area (Å²) in [5.74, 6) is 0.624. The minimum atomic E-state index is -0.0586. The molecule has 0 aliphatic heterocycles. The van der Waals surface area contributed by atoms with E-state index in [-0.39, 0.29) is 11.3 Å². The number of hydrogen-bond donors (Lipinski definition) is 2. The molecule has 5 nitrogen and oxygen atoms in total. The first-order chi connectivity index (χ1) is 9.61. The lowest BCUT2D eigenvalue weighted by atomic mass is 10.2. The normalized spacial score (nSPS) is 10.3. The molecule has 2 aromatic rings. The summed E-state index contributed by atoms with van der Waals surface area (Å²) < 4.78 is 6.84. The average molecular weight is 274 g/mol. The van der Waals surface area contributed by atoms with Crippen LogP contribution in [0.25, 0.3) is 0 Å². The van der Waals surface area contributed by atoms with Crippen molar-refractivity contribution in [3.05, 3.63) is 52.4 Å². The van der Waals surface area contributed by atoms with Gasteiger partial charge in [-0.15, -0.1) is 0 Å². The van der Waals surface area contributed by atoms with Gasteiger partial charge in [0.25, 0.3) is 0 Å². The number of pyridine rings is 1. The van der Waals surface area contributed by atoms with Gasteiger partial charge in [-0.25, -0.2) is 0 Å². The summed E-state index contributed by atoms with van der Waals surface area (Å²) >= 11 is 0. The van der Waals surface area contributed by atoms with Gasteiger partial charge in [-0.3, -0.25) is 4.79 Å². The van der Waals surface area contributed by atoms with Gasteiger partial charge in [-0.05, 0) is 19.1 Å². The maximum atomic E-state index is 11.3. The number of rotatable bonds is 5. The standard InChI is InChI=1S/C15H18N2O3/c1-3-20-13-6-4-5-11(15(13)19)9-16-12-7-8-14(18)17(2)10-12/h4-8,10,16,19H,3,9H2,1-2H3. The van der Waals surface area contributed by atoms with Gasteiger partial charge in [-0.1, -0.05) is 12.1 Å². The molecule has 0 fully saturated rings. The molecule has 106 valence electrons. The Balaban J connectivity index is 2.12. The number of para-hydroxylation sites is 1. The molecule has 0 saturated carbocycles. The van der Waals surface area contributed by atoms with E-state index in [0.717, 1.165) is 11.3 Å². The third-order valence-corrected chi connectivity index (χ3v) is 2.95. The first-order valence-electron chi connectivity index (χ1n) is 6.46. The smallest absolute Gasteiger partial charge is 0.250 e. The largest absolute Gasteiger partial charge is 0.504 e. The van der Waals surface area contributed by atoms with Crippen molar-refractivity contribution in [1.82, 2.24) is 4.57 Å². The number of phenolic OH excluding ortho intramolecular Hbond substituents is 1. The molecule has 5 heteroatoms. The van der Waals surface area contributed by atoms with Crippen LogP contribution in [0.3, 0.4) is 0 Å². The fourth-order valence-electron chi connectivity index (χ4n) is 1.88. The second-order valence-electron chi connectivity index (χ2n) is 4.42. The molecule has 0 atom stereocenters. The second-order valence-corrected chi connectivity index (χ2v) is 4.42. The van der Waals surface area contributed by atoms with E-state index in [1.807, 2.05) is 19.1 Å². The first kappa shape index (κ1) is 14.0. The Labute approximate surface area is 117 Å². The van der Waals surface area contributed by atoms with Crippen LogP contribution >= 0.6 is 0 Å². The van der Waals surface area contributed by atoms with Gasteiger partial charge in [0.05, 0.1) is 12.3 Å². The number of aromatic nitrogens is 1. The van der Waals surface area contributed by atoms with Gasteiger partial charge >= 0.3 is 0 Å². The quantitative estimate of drug-likeness (QED) is 0.876. The van der Waals surface area contributed by atoms with Crippen molar-refractivity contribution in [2.75, 3.05) is 11.9 Å². The number of nitrogens with one attached hydrogen (secondary N) is 1. The van der Waals surface area contributed by atoms with E-state index in [2.05, 4.69) is 5.32 Å². The Morgan fingerprint density at radius 3 is 2.80 bits per heavy atom. The van der Waals surface area contributed by atoms with E-state index in [0.29, 0.717) is 18.9 Å². The van der Waals surface area contributed by atoms with E-state index in [1.165, 1.54) is 10.6 Å². The van der Waals surface area contributed by atoms with Crippen molar-refractivity contribution in [2.24, 2.45) is 7.05 Å². The highest BCUT2D eigenvalue weighted by Gasteiger charge is 2.07. The molecule has 1 heterocycles. The summed E-state index contributed by atoms with van der Waals surface area (Å²) in [7, 11) is 1.70. The number of phenols is 1. The van der Waals surface area contributed by atoms with Crippen LogP contribution in [0.2, 0.25) is 0 Å². The van der Waals surface area contributed by atoms with E-state index < -0.39 is 0 Å². The molecule has 0 unspecified atom stereocenters. The molecule has 2 rings (SSSR count). The lowest BCUT2D eigenvalue weighted by Crippen LogP contribution is -2.15. The molecule has 0 spiro atoms. The highest BCUT2D eigenvalue weighted by Crippen LogP contribution is 2.30. The lowest BCUT2D eigenvalue weighted by Gasteiger charge is -2.12. The topological polar surface area (TPSA) is 63.5 Å². The summed E-state index contributed by atoms with van der Waals surface area (Å²) in [6.45, 7) is 2.82. The molecule has 0 amide bonds. The van der Waals surface area contributed by atoms with Gasteiger partial charge in [0.2, 0.25) is 5.56 Å². The number of hydrogen-bond acceptors (Lipinski definition) is 4. The van der Waals surface area contributed by atoms with Crippen molar-refractivity contribution < 1.29 is 9.84 Å². The van der Waals surface area contributed by atoms with Crippen LogP contribution in [-0.2, 0) is 13.6 Å². The van der Waals surface area contributed by atoms with Crippen molar-refractivity contribution in [3.8, 4) is 11.5 Å². The Morgan fingerprint density at radius 1 is 1.30 bits per heavy atom. The molecule has 20 heavy (non-hydrogen) atoms. The maximum absolute atomic E-state index is 11.3. The predicted molar refractivity (Wildman–Crippen MR) is 78.3 cm³/mol. The molecule has 0 aliphatic rings. The molecule has 1 aromatic carbocycles. The average Bonchev–Trinajstić information content (AvgIpc) is 2.44. The Morgan fingerprint density at radius 2 is 2.10 bits per heavy atom. The number of aromatic hydroxyl groups is 1. The fraction of sp³-hybridized carbons (Fsp3) is 0.267. The van der Waals surface area contributed by atoms with Crippen LogP contribution in [0.5, 0.6) is 11.5 Å². The Bertz CT molecular complexity index is 650. The highest BCUT2D eigenvalue weighted by molar-refractivity contribution is 5.48. The van der Waals surface area contributed by atoms with Crippen LogP contribution in [0.15, 0.2) is 41.3 Å². The summed E-state index contributed by atoms with van der Waals surface area (Å²) in [5, 5.41) is 13.2. The summed E-state index contributed by atoms with van der Waals surface area (Å²) in [4.78, 5) is 11.3. The minimum absolute atomic E-state index is 0.0586.